The van der Waals surface area contributed by atoms with Crippen molar-refractivity contribution in [2.75, 3.05) is 24.5 Å². The van der Waals surface area contributed by atoms with E-state index in [0.29, 0.717) is 9.61 Å². The van der Waals surface area contributed by atoms with Gasteiger partial charge in [0.15, 0.2) is 0 Å². The topological polar surface area (TPSA) is 61.0 Å². The van der Waals surface area contributed by atoms with Gasteiger partial charge in [-0.05, 0) is 60.7 Å². The fourth-order valence-electron chi connectivity index (χ4n) is 2.63. The summed E-state index contributed by atoms with van der Waals surface area (Å²) in [5.41, 5.74) is -0.0363. The van der Waals surface area contributed by atoms with Gasteiger partial charge in [-0.25, -0.2) is 4.98 Å². The Bertz CT molecular complexity index is 494. The smallest absolute Gasteiger partial charge is 0.266 e. The molecule has 19 heavy (non-hydrogen) atoms. The van der Waals surface area contributed by atoms with Crippen LogP contribution in [0.4, 0.5) is 5.82 Å². The molecule has 0 radical (unpaired) electrons. The number of hydrogen-bond acceptors (Lipinski definition) is 4. The van der Waals surface area contributed by atoms with Gasteiger partial charge < -0.3 is 15.2 Å². The number of hydrogen-bond donors (Lipinski definition) is 2. The largest absolute Gasteiger partial charge is 0.354 e. The molecule has 5 nitrogen and oxygen atoms in total. The van der Waals surface area contributed by atoms with Crippen LogP contribution in [0.25, 0.3) is 0 Å². The summed E-state index contributed by atoms with van der Waals surface area (Å²) in [7, 11) is 0. The van der Waals surface area contributed by atoms with Crippen molar-refractivity contribution in [1.82, 2.24) is 15.3 Å². The molecule has 1 atom stereocenters. The average molecular weight is 374 g/mol. The molecule has 1 saturated heterocycles. The molecular formula is C13H19IN4O. The highest BCUT2D eigenvalue weighted by atomic mass is 127. The number of nitrogens with one attached hydrogen (secondary N) is 2. The summed E-state index contributed by atoms with van der Waals surface area (Å²) in [6.45, 7) is 3.11. The Balaban J connectivity index is 1.80. The lowest BCUT2D eigenvalue weighted by molar-refractivity contribution is 0.566. The first-order chi connectivity index (χ1) is 9.24. The molecule has 0 spiro atoms. The van der Waals surface area contributed by atoms with Gasteiger partial charge in [0.25, 0.3) is 5.56 Å². The first-order valence-electron chi connectivity index (χ1n) is 6.95. The lowest BCUT2D eigenvalue weighted by atomic mass is 10.2. The van der Waals surface area contributed by atoms with Gasteiger partial charge in [-0.2, -0.15) is 0 Å². The molecule has 1 saturated carbocycles. The molecule has 1 aromatic heterocycles. The summed E-state index contributed by atoms with van der Waals surface area (Å²) < 4.78 is 0.707. The predicted molar refractivity (Wildman–Crippen MR) is 83.5 cm³/mol. The third-order valence-electron chi connectivity index (χ3n) is 3.86. The maximum absolute atomic E-state index is 11.7. The number of nitrogens with zero attached hydrogens (tertiary/aromatic N) is 2. The number of anilines is 1. The second-order valence-electron chi connectivity index (χ2n) is 5.51. The van der Waals surface area contributed by atoms with E-state index < -0.39 is 0 Å². The third kappa shape index (κ3) is 3.28. The molecule has 6 heteroatoms. The summed E-state index contributed by atoms with van der Waals surface area (Å²) in [6, 6.07) is 0.538. The minimum absolute atomic E-state index is 0.0363. The van der Waals surface area contributed by atoms with Crippen molar-refractivity contribution in [3.8, 4) is 0 Å². The molecule has 1 aliphatic carbocycles. The maximum atomic E-state index is 11.7. The van der Waals surface area contributed by atoms with E-state index >= 15 is 0 Å². The summed E-state index contributed by atoms with van der Waals surface area (Å²) in [4.78, 5) is 21.1. The van der Waals surface area contributed by atoms with E-state index in [4.69, 9.17) is 0 Å². The van der Waals surface area contributed by atoms with Crippen molar-refractivity contribution in [2.24, 2.45) is 5.92 Å². The van der Waals surface area contributed by atoms with Gasteiger partial charge in [0.05, 0.1) is 6.33 Å². The standard InChI is InChI=1S/C13H19IN4O/c14-11-12(16-8-17-13(11)19)18(6-9-3-4-9)7-10-2-1-5-15-10/h8-10,15H,1-7H2,(H,16,17,19). The highest BCUT2D eigenvalue weighted by molar-refractivity contribution is 14.1. The van der Waals surface area contributed by atoms with Crippen molar-refractivity contribution in [2.45, 2.75) is 31.7 Å². The van der Waals surface area contributed by atoms with E-state index in [1.165, 1.54) is 32.0 Å². The first-order valence-corrected chi connectivity index (χ1v) is 8.03. The summed E-state index contributed by atoms with van der Waals surface area (Å²) in [6.07, 6.45) is 6.62. The minimum Gasteiger partial charge on any atom is -0.354 e. The van der Waals surface area contributed by atoms with E-state index in [1.54, 1.807) is 0 Å². The van der Waals surface area contributed by atoms with Gasteiger partial charge in [0.1, 0.15) is 9.39 Å². The van der Waals surface area contributed by atoms with E-state index in [-0.39, 0.29) is 5.56 Å². The Morgan fingerprint density at radius 1 is 1.37 bits per heavy atom. The normalized spacial score (nSPS) is 22.7. The van der Waals surface area contributed by atoms with Crippen LogP contribution in [-0.4, -0.2) is 35.6 Å². The van der Waals surface area contributed by atoms with Crippen molar-refractivity contribution in [3.05, 3.63) is 20.3 Å². The molecule has 1 aliphatic heterocycles. The first kappa shape index (κ1) is 13.4. The number of H-pyrrole nitrogens is 1. The Hall–Kier alpha value is -0.630. The van der Waals surface area contributed by atoms with E-state index in [1.807, 2.05) is 0 Å². The van der Waals surface area contributed by atoms with Crippen LogP contribution in [0.5, 0.6) is 0 Å². The summed E-state index contributed by atoms with van der Waals surface area (Å²) in [5.74, 6) is 1.64. The van der Waals surface area contributed by atoms with Crippen LogP contribution in [0.15, 0.2) is 11.1 Å². The van der Waals surface area contributed by atoms with Gasteiger partial charge in [-0.3, -0.25) is 4.79 Å². The number of aromatic nitrogens is 2. The van der Waals surface area contributed by atoms with Crippen LogP contribution < -0.4 is 15.8 Å². The Morgan fingerprint density at radius 3 is 2.89 bits per heavy atom. The summed E-state index contributed by atoms with van der Waals surface area (Å²) >= 11 is 2.11. The molecule has 0 aromatic carbocycles. The molecule has 2 N–H and O–H groups in total. The van der Waals surface area contributed by atoms with Gasteiger partial charge in [0, 0.05) is 19.1 Å². The van der Waals surface area contributed by atoms with Gasteiger partial charge >= 0.3 is 0 Å². The highest BCUT2D eigenvalue weighted by Gasteiger charge is 2.28. The second kappa shape index (κ2) is 5.78. The fourth-order valence-corrected chi connectivity index (χ4v) is 3.27. The van der Waals surface area contributed by atoms with Crippen molar-refractivity contribution in [3.63, 3.8) is 0 Å². The predicted octanol–water partition coefficient (Wildman–Crippen LogP) is 1.34. The van der Waals surface area contributed by atoms with Gasteiger partial charge in [-0.1, -0.05) is 0 Å². The quantitative estimate of drug-likeness (QED) is 0.764. The average Bonchev–Trinajstić information content (AvgIpc) is 3.06. The Labute approximate surface area is 126 Å². The lowest BCUT2D eigenvalue weighted by Crippen LogP contribution is -2.40. The zero-order chi connectivity index (χ0) is 13.2. The summed E-state index contributed by atoms with van der Waals surface area (Å²) in [5, 5.41) is 3.53. The van der Waals surface area contributed by atoms with Gasteiger partial charge in [-0.15, -0.1) is 0 Å². The minimum atomic E-state index is -0.0363. The zero-order valence-electron chi connectivity index (χ0n) is 10.9. The number of halogens is 1. The van der Waals surface area contributed by atoms with Crippen molar-refractivity contribution >= 4 is 28.4 Å². The molecule has 0 bridgehead atoms. The molecule has 2 fully saturated rings. The number of rotatable bonds is 5. The zero-order valence-corrected chi connectivity index (χ0v) is 13.0. The third-order valence-corrected chi connectivity index (χ3v) is 4.83. The van der Waals surface area contributed by atoms with Crippen LogP contribution in [0.2, 0.25) is 0 Å². The van der Waals surface area contributed by atoms with Crippen LogP contribution in [0.1, 0.15) is 25.7 Å². The maximum Gasteiger partial charge on any atom is 0.266 e. The van der Waals surface area contributed by atoms with Crippen molar-refractivity contribution in [1.29, 1.82) is 0 Å². The van der Waals surface area contributed by atoms with Crippen LogP contribution in [0.3, 0.4) is 0 Å². The number of aromatic amines is 1. The molecule has 1 aromatic rings. The van der Waals surface area contributed by atoms with Crippen LogP contribution >= 0.6 is 22.6 Å². The van der Waals surface area contributed by atoms with Gasteiger partial charge in [0.2, 0.25) is 0 Å². The molecule has 2 aliphatic rings. The molecule has 1 unspecified atom stereocenters. The SMILES string of the molecule is O=c1[nH]cnc(N(CC2CC2)CC2CCCN2)c1I. The van der Waals surface area contributed by atoms with Crippen molar-refractivity contribution < 1.29 is 0 Å². The molecule has 2 heterocycles. The van der Waals surface area contributed by atoms with E-state index in [0.717, 1.165) is 31.4 Å². The molecule has 3 rings (SSSR count). The second-order valence-corrected chi connectivity index (χ2v) is 6.59. The Kier molecular flexibility index (Phi) is 4.07. The monoisotopic (exact) mass is 374 g/mol. The van der Waals surface area contributed by atoms with E-state index in [9.17, 15) is 4.79 Å². The molecule has 0 amide bonds. The fraction of sp³-hybridized carbons (Fsp3) is 0.692. The van der Waals surface area contributed by atoms with E-state index in [2.05, 4.69) is 42.8 Å². The van der Waals surface area contributed by atoms with Crippen LogP contribution in [0, 0.1) is 9.49 Å². The lowest BCUT2D eigenvalue weighted by Gasteiger charge is -2.27. The Morgan fingerprint density at radius 2 is 2.21 bits per heavy atom. The molecule has 104 valence electrons. The molecular weight excluding hydrogens is 355 g/mol. The van der Waals surface area contributed by atoms with Crippen LogP contribution in [-0.2, 0) is 0 Å². The highest BCUT2D eigenvalue weighted by Crippen LogP contribution is 2.31.